The van der Waals surface area contributed by atoms with Crippen LogP contribution in [-0.4, -0.2) is 65.4 Å². The zero-order chi connectivity index (χ0) is 13.3. The van der Waals surface area contributed by atoms with Gasteiger partial charge in [-0.05, 0) is 0 Å². The molecule has 0 N–H and O–H groups in total. The molecule has 0 atom stereocenters. The van der Waals surface area contributed by atoms with Crippen LogP contribution in [0.4, 0.5) is 0 Å². The molecule has 0 radical (unpaired) electrons. The molecular formula is C10H20Cl2MnN5-5. The molecule has 1 heterocycles. The zero-order valence-electron chi connectivity index (χ0n) is 10.4. The van der Waals surface area contributed by atoms with E-state index in [2.05, 4.69) is 26.6 Å². The van der Waals surface area contributed by atoms with Crippen molar-refractivity contribution in [3.05, 3.63) is 26.6 Å². The molecule has 8 heteroatoms. The molecule has 0 unspecified atom stereocenters. The summed E-state index contributed by atoms with van der Waals surface area (Å²) in [6, 6.07) is 0. The van der Waals surface area contributed by atoms with E-state index in [-0.39, 0.29) is 13.1 Å². The maximum absolute atomic E-state index is 4.80. The van der Waals surface area contributed by atoms with E-state index in [4.69, 9.17) is 20.2 Å². The van der Waals surface area contributed by atoms with Crippen LogP contribution in [0, 0.1) is 0 Å². The number of hydrogen-bond donors (Lipinski definition) is 0. The molecule has 1 aliphatic rings. The van der Waals surface area contributed by atoms with Crippen LogP contribution in [-0.2, 0) is 13.1 Å². The van der Waals surface area contributed by atoms with Gasteiger partial charge in [-0.15, -0.1) is 0 Å². The topological polar surface area (TPSA) is 70.5 Å². The van der Waals surface area contributed by atoms with Gasteiger partial charge in [0.15, 0.2) is 0 Å². The molecule has 0 aliphatic carbocycles. The quantitative estimate of drug-likeness (QED) is 0.610. The zero-order valence-corrected chi connectivity index (χ0v) is 13.1. The second kappa shape index (κ2) is 17.9. The Morgan fingerprint density at radius 3 is 0.667 bits per heavy atom. The molecule has 0 aromatic rings. The molecule has 5 nitrogen and oxygen atoms in total. The van der Waals surface area contributed by atoms with Crippen LogP contribution in [0.1, 0.15) is 0 Å². The first-order chi connectivity index (χ1) is 8.91. The predicted octanol–water partition coefficient (Wildman–Crippen LogP) is 3.25. The molecule has 1 fully saturated rings. The molecule has 0 aromatic heterocycles. The average Bonchev–Trinajstić information content (AvgIpc) is 2.38. The van der Waals surface area contributed by atoms with Gasteiger partial charge in [0.2, 0.25) is 0 Å². The monoisotopic (exact) mass is 335 g/mol. The van der Waals surface area contributed by atoms with Crippen molar-refractivity contribution in [1.29, 1.82) is 0 Å². The fraction of sp³-hybridized carbons (Fsp3) is 1.00. The van der Waals surface area contributed by atoms with Gasteiger partial charge in [0, 0.05) is 0 Å². The summed E-state index contributed by atoms with van der Waals surface area (Å²) in [6.45, 7) is 8.33. The first-order valence-electron chi connectivity index (χ1n) is 5.95. The van der Waals surface area contributed by atoms with Crippen LogP contribution < -0.4 is 0 Å². The van der Waals surface area contributed by atoms with Crippen LogP contribution in [0.15, 0.2) is 0 Å². The molecular weight excluding hydrogens is 316 g/mol. The van der Waals surface area contributed by atoms with Crippen LogP contribution in [0.5, 0.6) is 0 Å². The summed E-state index contributed by atoms with van der Waals surface area (Å²) < 4.78 is 0. The van der Waals surface area contributed by atoms with E-state index in [1.165, 1.54) is 0 Å². The van der Waals surface area contributed by atoms with Crippen molar-refractivity contribution in [2.45, 2.75) is 0 Å². The molecule has 18 heavy (non-hydrogen) atoms. The molecule has 0 saturated carbocycles. The van der Waals surface area contributed by atoms with Gasteiger partial charge >= 0.3 is 33.3 Å². The first-order valence-corrected chi connectivity index (χ1v) is 9.20. The van der Waals surface area contributed by atoms with Crippen molar-refractivity contribution in [3.8, 4) is 0 Å². The van der Waals surface area contributed by atoms with Gasteiger partial charge in [0.1, 0.15) is 0 Å². The number of hydrogen-bond acceptors (Lipinski definition) is 0. The molecule has 0 spiro atoms. The first kappa shape index (κ1) is 18.9. The summed E-state index contributed by atoms with van der Waals surface area (Å²) in [4.78, 5) is 0. The van der Waals surface area contributed by atoms with Gasteiger partial charge in [-0.1, -0.05) is 0 Å². The summed E-state index contributed by atoms with van der Waals surface area (Å²) in [5.74, 6) is 0. The fourth-order valence-corrected chi connectivity index (χ4v) is 1.27. The Morgan fingerprint density at radius 1 is 0.444 bits per heavy atom. The van der Waals surface area contributed by atoms with E-state index >= 15 is 0 Å². The number of halogens is 2. The third-order valence-electron chi connectivity index (χ3n) is 2.08. The molecule has 0 aromatic carbocycles. The van der Waals surface area contributed by atoms with Crippen molar-refractivity contribution < 1.29 is 13.1 Å². The van der Waals surface area contributed by atoms with E-state index in [0.717, 1.165) is 65.4 Å². The van der Waals surface area contributed by atoms with Crippen LogP contribution in [0.2, 0.25) is 0 Å². The van der Waals surface area contributed by atoms with Crippen molar-refractivity contribution in [2.75, 3.05) is 65.4 Å². The van der Waals surface area contributed by atoms with Crippen LogP contribution >= 0.6 is 20.2 Å². The summed E-state index contributed by atoms with van der Waals surface area (Å²) in [6.07, 6.45) is 0. The minimum atomic E-state index is 0.00694. The van der Waals surface area contributed by atoms with Gasteiger partial charge in [-0.2, -0.15) is 65.4 Å². The van der Waals surface area contributed by atoms with Gasteiger partial charge < -0.3 is 26.6 Å². The Balaban J connectivity index is 0.000000873. The minimum absolute atomic E-state index is 0.00694. The van der Waals surface area contributed by atoms with E-state index in [1.54, 1.807) is 0 Å². The average molecular weight is 336 g/mol. The van der Waals surface area contributed by atoms with E-state index < -0.39 is 0 Å². The van der Waals surface area contributed by atoms with Crippen molar-refractivity contribution in [2.24, 2.45) is 0 Å². The Hall–Kier alpha value is 0.899. The summed E-state index contributed by atoms with van der Waals surface area (Å²) in [7, 11) is 9.59. The summed E-state index contributed by atoms with van der Waals surface area (Å²) in [5.41, 5.74) is 0. The van der Waals surface area contributed by atoms with E-state index in [0.29, 0.717) is 0 Å². The van der Waals surface area contributed by atoms with Crippen molar-refractivity contribution >= 4 is 20.2 Å². The SMILES string of the molecule is C1C[N-]CC[N-]CC[N-]CC[N-]CC[N-]1.[Cl][Mn][Cl]. The molecule has 1 aliphatic heterocycles. The Morgan fingerprint density at radius 2 is 0.556 bits per heavy atom. The van der Waals surface area contributed by atoms with Gasteiger partial charge in [-0.25, -0.2) is 0 Å². The molecule has 1 rings (SSSR count). The normalized spacial score (nSPS) is 21.0. The molecule has 111 valence electrons. The van der Waals surface area contributed by atoms with Crippen LogP contribution in [0.25, 0.3) is 26.6 Å². The second-order valence-electron chi connectivity index (χ2n) is 3.41. The van der Waals surface area contributed by atoms with Crippen molar-refractivity contribution in [3.63, 3.8) is 0 Å². The van der Waals surface area contributed by atoms with Gasteiger partial charge in [0.25, 0.3) is 0 Å². The maximum atomic E-state index is 4.80. The summed E-state index contributed by atoms with van der Waals surface area (Å²) in [5, 5.41) is 21.7. The van der Waals surface area contributed by atoms with Gasteiger partial charge in [-0.3, -0.25) is 0 Å². The summed E-state index contributed by atoms with van der Waals surface area (Å²) >= 11 is 0.00694. The third kappa shape index (κ3) is 16.9. The Bertz CT molecular complexity index is 97.6. The second-order valence-corrected chi connectivity index (χ2v) is 5.36. The third-order valence-corrected chi connectivity index (χ3v) is 2.08. The fourth-order valence-electron chi connectivity index (χ4n) is 1.27. The molecule has 1 saturated heterocycles. The Labute approximate surface area is 125 Å². The Kier molecular flexibility index (Phi) is 18.8. The molecule has 0 amide bonds. The number of rotatable bonds is 0. The predicted molar refractivity (Wildman–Crippen MR) is 77.2 cm³/mol. The molecule has 0 bridgehead atoms. The number of nitrogens with zero attached hydrogens (tertiary/aromatic N) is 5. The van der Waals surface area contributed by atoms with Crippen molar-refractivity contribution in [1.82, 2.24) is 0 Å². The standard InChI is InChI=1S/C10H20N5.2ClH.Mn/c1-2-12-5-6-14-9-10-15-8-7-13-4-3-11-1;;;/h1-10H2;2*1H;/q-5;;;+2/p-2. The van der Waals surface area contributed by atoms with E-state index in [1.807, 2.05) is 0 Å². The van der Waals surface area contributed by atoms with Gasteiger partial charge in [0.05, 0.1) is 0 Å². The van der Waals surface area contributed by atoms with E-state index in [9.17, 15) is 0 Å². The van der Waals surface area contributed by atoms with Crippen LogP contribution in [0.3, 0.4) is 0 Å².